The van der Waals surface area contributed by atoms with Crippen LogP contribution in [0.15, 0.2) is 21.5 Å². The average molecular weight is 273 g/mol. The van der Waals surface area contributed by atoms with Crippen molar-refractivity contribution in [3.63, 3.8) is 0 Å². The van der Waals surface area contributed by atoms with E-state index in [1.54, 1.807) is 0 Å². The molecule has 1 atom stereocenters. The number of hydrogen-bond donors (Lipinski definition) is 1. The molecule has 6 heteroatoms. The summed E-state index contributed by atoms with van der Waals surface area (Å²) in [5, 5.41) is 0. The van der Waals surface area contributed by atoms with Crippen LogP contribution >= 0.6 is 15.9 Å². The molecule has 1 aliphatic heterocycles. The summed E-state index contributed by atoms with van der Waals surface area (Å²) >= 11 is 3.10. The van der Waals surface area contributed by atoms with Crippen LogP contribution in [0.2, 0.25) is 0 Å². The van der Waals surface area contributed by atoms with Gasteiger partial charge in [-0.3, -0.25) is 9.36 Å². The van der Waals surface area contributed by atoms with Gasteiger partial charge in [0.15, 0.2) is 0 Å². The van der Waals surface area contributed by atoms with Crippen molar-refractivity contribution in [1.82, 2.24) is 4.57 Å². The fourth-order valence-corrected chi connectivity index (χ4v) is 2.03. The second-order valence-corrected chi connectivity index (χ2v) is 4.16. The Morgan fingerprint density at radius 1 is 1.53 bits per heavy atom. The quantitative estimate of drug-likeness (QED) is 0.763. The van der Waals surface area contributed by atoms with Crippen LogP contribution in [0.5, 0.6) is 0 Å². The molecular weight excluding hydrogens is 264 g/mol. The number of rotatable bonds is 1. The first-order valence-corrected chi connectivity index (χ1v) is 5.22. The molecule has 80 valence electrons. The van der Waals surface area contributed by atoms with Gasteiger partial charge in [-0.25, -0.2) is 4.79 Å². The topological polar surface area (TPSA) is 74.3 Å². The van der Waals surface area contributed by atoms with Crippen LogP contribution in [0.3, 0.4) is 0 Å². The number of anilines is 1. The molecule has 5 nitrogen and oxygen atoms in total. The Kier molecular flexibility index (Phi) is 2.52. The molecule has 0 aliphatic carbocycles. The van der Waals surface area contributed by atoms with Gasteiger partial charge in [0.05, 0.1) is 11.1 Å². The van der Waals surface area contributed by atoms with Crippen LogP contribution in [0.25, 0.3) is 0 Å². The lowest BCUT2D eigenvalue weighted by atomic mass is 10.2. The minimum atomic E-state index is -0.544. The Balaban J connectivity index is 2.52. The van der Waals surface area contributed by atoms with E-state index in [9.17, 15) is 9.59 Å². The maximum absolute atomic E-state index is 11.7. The number of hydrogen-bond acceptors (Lipinski definition) is 4. The predicted molar refractivity (Wildman–Crippen MR) is 57.4 cm³/mol. The molecule has 1 unspecified atom stereocenters. The van der Waals surface area contributed by atoms with Crippen LogP contribution in [-0.4, -0.2) is 17.1 Å². The SMILES string of the molecule is Nc1cc(Br)c(=O)n(C2CCOC2=O)c1. The van der Waals surface area contributed by atoms with Crippen LogP contribution in [0.4, 0.5) is 5.69 Å². The lowest BCUT2D eigenvalue weighted by Gasteiger charge is -2.11. The molecule has 1 aromatic heterocycles. The van der Waals surface area contributed by atoms with Crippen molar-refractivity contribution >= 4 is 27.6 Å². The second-order valence-electron chi connectivity index (χ2n) is 3.31. The van der Waals surface area contributed by atoms with Crippen LogP contribution in [-0.2, 0) is 9.53 Å². The zero-order valence-electron chi connectivity index (χ0n) is 7.77. The van der Waals surface area contributed by atoms with E-state index in [4.69, 9.17) is 10.5 Å². The van der Waals surface area contributed by atoms with Gasteiger partial charge in [0.1, 0.15) is 6.04 Å². The molecule has 0 aromatic carbocycles. The first kappa shape index (κ1) is 10.2. The van der Waals surface area contributed by atoms with Crippen LogP contribution in [0, 0.1) is 0 Å². The summed E-state index contributed by atoms with van der Waals surface area (Å²) in [5.41, 5.74) is 5.76. The number of halogens is 1. The summed E-state index contributed by atoms with van der Waals surface area (Å²) in [6.45, 7) is 0.350. The number of esters is 1. The highest BCUT2D eigenvalue weighted by Crippen LogP contribution is 2.20. The molecule has 0 bridgehead atoms. The Morgan fingerprint density at radius 3 is 2.87 bits per heavy atom. The Hall–Kier alpha value is -1.30. The van der Waals surface area contributed by atoms with Gasteiger partial charge in [0.25, 0.3) is 5.56 Å². The molecule has 0 radical (unpaired) electrons. The monoisotopic (exact) mass is 272 g/mol. The van der Waals surface area contributed by atoms with Crippen molar-refractivity contribution in [3.05, 3.63) is 27.1 Å². The number of nitrogens with two attached hydrogens (primary N) is 1. The number of nitrogen functional groups attached to an aromatic ring is 1. The lowest BCUT2D eigenvalue weighted by Crippen LogP contribution is -2.27. The third kappa shape index (κ3) is 1.77. The Morgan fingerprint density at radius 2 is 2.27 bits per heavy atom. The van der Waals surface area contributed by atoms with E-state index in [1.807, 2.05) is 0 Å². The molecule has 1 fully saturated rings. The van der Waals surface area contributed by atoms with E-state index in [2.05, 4.69) is 15.9 Å². The average Bonchev–Trinajstić information content (AvgIpc) is 2.58. The van der Waals surface area contributed by atoms with Gasteiger partial charge in [-0.2, -0.15) is 0 Å². The summed E-state index contributed by atoms with van der Waals surface area (Å²) < 4.78 is 6.46. The standard InChI is InChI=1S/C9H9BrN2O3/c10-6-3-5(11)4-12(8(6)13)7-1-2-15-9(7)14/h3-4,7H,1-2,11H2. The summed E-state index contributed by atoms with van der Waals surface area (Å²) in [6.07, 6.45) is 1.97. The van der Waals surface area contributed by atoms with Gasteiger partial charge in [-0.1, -0.05) is 0 Å². The van der Waals surface area contributed by atoms with Gasteiger partial charge in [0.2, 0.25) is 0 Å². The predicted octanol–water partition coefficient (Wildman–Crippen LogP) is 0.681. The molecule has 1 aromatic rings. The number of pyridine rings is 1. The van der Waals surface area contributed by atoms with E-state index in [-0.39, 0.29) is 11.5 Å². The molecule has 2 heterocycles. The number of cyclic esters (lactones) is 1. The zero-order valence-corrected chi connectivity index (χ0v) is 9.36. The Bertz CT molecular complexity index is 469. The molecular formula is C9H9BrN2O3. The molecule has 15 heavy (non-hydrogen) atoms. The minimum absolute atomic E-state index is 0.270. The van der Waals surface area contributed by atoms with Crippen LogP contribution in [0.1, 0.15) is 12.5 Å². The summed E-state index contributed by atoms with van der Waals surface area (Å²) in [6, 6.07) is 0.969. The van der Waals surface area contributed by atoms with Gasteiger partial charge < -0.3 is 10.5 Å². The third-order valence-corrected chi connectivity index (χ3v) is 2.83. The van der Waals surface area contributed by atoms with E-state index < -0.39 is 6.04 Å². The van der Waals surface area contributed by atoms with Crippen LogP contribution < -0.4 is 11.3 Å². The van der Waals surface area contributed by atoms with Crippen molar-refractivity contribution in [2.75, 3.05) is 12.3 Å². The maximum atomic E-state index is 11.7. The van der Waals surface area contributed by atoms with Crippen molar-refractivity contribution < 1.29 is 9.53 Å². The highest BCUT2D eigenvalue weighted by atomic mass is 79.9. The summed E-state index contributed by atoms with van der Waals surface area (Å²) in [7, 11) is 0. The Labute approximate surface area is 94.0 Å². The van der Waals surface area contributed by atoms with Crippen molar-refractivity contribution in [2.45, 2.75) is 12.5 Å². The molecule has 0 saturated carbocycles. The molecule has 0 amide bonds. The number of aromatic nitrogens is 1. The van der Waals surface area contributed by atoms with Crippen molar-refractivity contribution in [2.24, 2.45) is 0 Å². The highest BCUT2D eigenvalue weighted by Gasteiger charge is 2.29. The van der Waals surface area contributed by atoms with E-state index in [0.29, 0.717) is 23.2 Å². The summed E-state index contributed by atoms with van der Waals surface area (Å²) in [5.74, 6) is -0.380. The fraction of sp³-hybridized carbons (Fsp3) is 0.333. The summed E-state index contributed by atoms with van der Waals surface area (Å²) in [4.78, 5) is 23.0. The van der Waals surface area contributed by atoms with Gasteiger partial charge >= 0.3 is 5.97 Å². The minimum Gasteiger partial charge on any atom is -0.464 e. The van der Waals surface area contributed by atoms with E-state index in [1.165, 1.54) is 16.8 Å². The maximum Gasteiger partial charge on any atom is 0.329 e. The van der Waals surface area contributed by atoms with E-state index >= 15 is 0 Å². The number of carbonyl (C=O) groups excluding carboxylic acids is 1. The van der Waals surface area contributed by atoms with Gasteiger partial charge in [-0.05, 0) is 22.0 Å². The first-order chi connectivity index (χ1) is 7.09. The third-order valence-electron chi connectivity index (χ3n) is 2.26. The number of carbonyl (C=O) groups is 1. The molecule has 1 saturated heterocycles. The zero-order chi connectivity index (χ0) is 11.0. The second kappa shape index (κ2) is 3.69. The number of ether oxygens (including phenoxy) is 1. The molecule has 2 rings (SSSR count). The molecule has 1 aliphatic rings. The smallest absolute Gasteiger partial charge is 0.329 e. The van der Waals surface area contributed by atoms with Gasteiger partial charge in [-0.15, -0.1) is 0 Å². The van der Waals surface area contributed by atoms with E-state index in [0.717, 1.165) is 0 Å². The first-order valence-electron chi connectivity index (χ1n) is 4.43. The van der Waals surface area contributed by atoms with Crippen molar-refractivity contribution in [3.8, 4) is 0 Å². The normalized spacial score (nSPS) is 20.3. The molecule has 0 spiro atoms. The largest absolute Gasteiger partial charge is 0.464 e. The lowest BCUT2D eigenvalue weighted by molar-refractivity contribution is -0.140. The van der Waals surface area contributed by atoms with Gasteiger partial charge in [0, 0.05) is 18.3 Å². The molecule has 2 N–H and O–H groups in total. The van der Waals surface area contributed by atoms with Crippen molar-refractivity contribution in [1.29, 1.82) is 0 Å². The number of nitrogens with zero attached hydrogens (tertiary/aromatic N) is 1. The highest BCUT2D eigenvalue weighted by molar-refractivity contribution is 9.10. The fourth-order valence-electron chi connectivity index (χ4n) is 1.56.